The highest BCUT2D eigenvalue weighted by Gasteiger charge is 2.17. The van der Waals surface area contributed by atoms with Crippen LogP contribution in [0.2, 0.25) is 0 Å². The number of allylic oxidation sites excluding steroid dienone is 1. The highest BCUT2D eigenvalue weighted by Crippen LogP contribution is 2.27. The average molecular weight is 204 g/mol. The van der Waals surface area contributed by atoms with Crippen LogP contribution in [0, 0.1) is 19.3 Å². The molecule has 0 fully saturated rings. The summed E-state index contributed by atoms with van der Waals surface area (Å²) in [6.45, 7) is 14.4. The second-order valence-electron chi connectivity index (χ2n) is 5.02. The number of hydrogen-bond acceptors (Lipinski definition) is 1. The van der Waals surface area contributed by atoms with Crippen molar-refractivity contribution in [2.45, 2.75) is 34.6 Å². The van der Waals surface area contributed by atoms with Crippen molar-refractivity contribution in [3.8, 4) is 5.75 Å². The fraction of sp³-hybridized carbons (Fsp3) is 0.429. The molecule has 1 aromatic carbocycles. The molecule has 0 radical (unpaired) electrons. The molecule has 0 atom stereocenters. The van der Waals surface area contributed by atoms with Crippen molar-refractivity contribution >= 4 is 0 Å². The van der Waals surface area contributed by atoms with E-state index in [1.807, 2.05) is 12.1 Å². The molecule has 0 aromatic heterocycles. The molecule has 1 heteroatoms. The van der Waals surface area contributed by atoms with Gasteiger partial charge in [-0.1, -0.05) is 33.4 Å². The van der Waals surface area contributed by atoms with Gasteiger partial charge in [-0.2, -0.15) is 0 Å². The van der Waals surface area contributed by atoms with E-state index in [0.717, 1.165) is 11.5 Å². The molecule has 82 valence electrons. The molecule has 0 aliphatic heterocycles. The molecule has 1 rings (SSSR count). The van der Waals surface area contributed by atoms with Gasteiger partial charge in [0.05, 0.1) is 0 Å². The first-order valence-electron chi connectivity index (χ1n) is 5.25. The fourth-order valence-electron chi connectivity index (χ4n) is 1.07. The lowest BCUT2D eigenvalue weighted by Crippen LogP contribution is -2.13. The van der Waals surface area contributed by atoms with Crippen molar-refractivity contribution in [3.63, 3.8) is 0 Å². The molecular weight excluding hydrogens is 184 g/mol. The Balaban J connectivity index is 2.83. The van der Waals surface area contributed by atoms with Crippen LogP contribution in [0.4, 0.5) is 0 Å². The van der Waals surface area contributed by atoms with Gasteiger partial charge in [-0.3, -0.25) is 0 Å². The van der Waals surface area contributed by atoms with Crippen molar-refractivity contribution in [2.75, 3.05) is 0 Å². The maximum Gasteiger partial charge on any atom is 0.127 e. The third kappa shape index (κ3) is 3.12. The third-order valence-electron chi connectivity index (χ3n) is 2.56. The molecule has 0 amide bonds. The lowest BCUT2D eigenvalue weighted by Gasteiger charge is -2.22. The van der Waals surface area contributed by atoms with Crippen molar-refractivity contribution < 1.29 is 4.74 Å². The van der Waals surface area contributed by atoms with Crippen LogP contribution in [0.15, 0.2) is 30.5 Å². The molecular formula is C14H20O. The Hall–Kier alpha value is -1.24. The predicted octanol–water partition coefficient (Wildman–Crippen LogP) is 4.24. The molecule has 0 bridgehead atoms. The van der Waals surface area contributed by atoms with Crippen molar-refractivity contribution in [2.24, 2.45) is 5.41 Å². The normalized spacial score (nSPS) is 11.3. The Labute approximate surface area is 92.8 Å². The summed E-state index contributed by atoms with van der Waals surface area (Å²) >= 11 is 0. The molecule has 0 aliphatic rings. The van der Waals surface area contributed by atoms with Crippen LogP contribution in [0.25, 0.3) is 0 Å². The average Bonchev–Trinajstić information content (AvgIpc) is 2.10. The molecule has 0 aliphatic carbocycles. The fourth-order valence-corrected chi connectivity index (χ4v) is 1.07. The smallest absolute Gasteiger partial charge is 0.127 e. The molecule has 0 heterocycles. The minimum absolute atomic E-state index is 0.0151. The molecule has 1 nitrogen and oxygen atoms in total. The SMILES string of the molecule is C=C(Oc1ccc(C)c(C)c1)C(C)(C)C. The highest BCUT2D eigenvalue weighted by molar-refractivity contribution is 5.34. The number of hydrogen-bond donors (Lipinski definition) is 0. The molecule has 0 unspecified atom stereocenters. The largest absolute Gasteiger partial charge is 0.462 e. The van der Waals surface area contributed by atoms with Gasteiger partial charge in [-0.05, 0) is 37.1 Å². The van der Waals surface area contributed by atoms with Gasteiger partial charge in [0.2, 0.25) is 0 Å². The van der Waals surface area contributed by atoms with E-state index in [2.05, 4.69) is 47.3 Å². The zero-order valence-electron chi connectivity index (χ0n) is 10.3. The van der Waals surface area contributed by atoms with Crippen LogP contribution in [-0.4, -0.2) is 0 Å². The number of ether oxygens (including phenoxy) is 1. The van der Waals surface area contributed by atoms with Crippen LogP contribution in [0.1, 0.15) is 31.9 Å². The van der Waals surface area contributed by atoms with Crippen LogP contribution in [0.3, 0.4) is 0 Å². The Morgan fingerprint density at radius 3 is 2.20 bits per heavy atom. The van der Waals surface area contributed by atoms with E-state index in [9.17, 15) is 0 Å². The predicted molar refractivity (Wildman–Crippen MR) is 65.1 cm³/mol. The molecule has 15 heavy (non-hydrogen) atoms. The summed E-state index contributed by atoms with van der Waals surface area (Å²) in [6, 6.07) is 6.10. The summed E-state index contributed by atoms with van der Waals surface area (Å²) in [7, 11) is 0. The standard InChI is InChI=1S/C14H20O/c1-10-7-8-13(9-11(10)2)15-12(3)14(4,5)6/h7-9H,3H2,1-2,4-6H3. The quantitative estimate of drug-likeness (QED) is 0.655. The first-order valence-corrected chi connectivity index (χ1v) is 5.25. The molecule has 0 saturated carbocycles. The Morgan fingerprint density at radius 2 is 1.73 bits per heavy atom. The van der Waals surface area contributed by atoms with Crippen molar-refractivity contribution in [1.82, 2.24) is 0 Å². The van der Waals surface area contributed by atoms with Crippen LogP contribution in [-0.2, 0) is 0 Å². The van der Waals surface area contributed by atoms with Gasteiger partial charge in [0.1, 0.15) is 11.5 Å². The first-order chi connectivity index (χ1) is 6.80. The summed E-state index contributed by atoms with van der Waals surface area (Å²) in [5.74, 6) is 1.67. The summed E-state index contributed by atoms with van der Waals surface area (Å²) in [4.78, 5) is 0. The number of aryl methyl sites for hydroxylation is 2. The van der Waals surface area contributed by atoms with Gasteiger partial charge in [-0.25, -0.2) is 0 Å². The lowest BCUT2D eigenvalue weighted by molar-refractivity contribution is 0.296. The van der Waals surface area contributed by atoms with E-state index in [0.29, 0.717) is 0 Å². The summed E-state index contributed by atoms with van der Waals surface area (Å²) in [6.07, 6.45) is 0. The minimum Gasteiger partial charge on any atom is -0.462 e. The molecule has 0 N–H and O–H groups in total. The summed E-state index contributed by atoms with van der Waals surface area (Å²) < 4.78 is 5.72. The first kappa shape index (κ1) is 11.8. The van der Waals surface area contributed by atoms with Gasteiger partial charge in [-0.15, -0.1) is 0 Å². The van der Waals surface area contributed by atoms with Crippen molar-refractivity contribution in [1.29, 1.82) is 0 Å². The number of rotatable bonds is 2. The minimum atomic E-state index is -0.0151. The van der Waals surface area contributed by atoms with Crippen molar-refractivity contribution in [3.05, 3.63) is 41.7 Å². The van der Waals surface area contributed by atoms with E-state index in [1.54, 1.807) is 0 Å². The topological polar surface area (TPSA) is 9.23 Å². The van der Waals surface area contributed by atoms with E-state index >= 15 is 0 Å². The second-order valence-corrected chi connectivity index (χ2v) is 5.02. The van der Waals surface area contributed by atoms with Crippen LogP contribution >= 0.6 is 0 Å². The maximum atomic E-state index is 5.72. The van der Waals surface area contributed by atoms with Gasteiger partial charge >= 0.3 is 0 Å². The molecule has 1 aromatic rings. The zero-order chi connectivity index (χ0) is 11.6. The third-order valence-corrected chi connectivity index (χ3v) is 2.56. The second kappa shape index (κ2) is 4.09. The Bertz CT molecular complexity index is 369. The maximum absolute atomic E-state index is 5.72. The van der Waals surface area contributed by atoms with E-state index in [-0.39, 0.29) is 5.41 Å². The monoisotopic (exact) mass is 204 g/mol. The van der Waals surface area contributed by atoms with E-state index < -0.39 is 0 Å². The van der Waals surface area contributed by atoms with Crippen LogP contribution in [0.5, 0.6) is 5.75 Å². The van der Waals surface area contributed by atoms with E-state index in [4.69, 9.17) is 4.74 Å². The Kier molecular flexibility index (Phi) is 3.23. The Morgan fingerprint density at radius 1 is 1.13 bits per heavy atom. The summed E-state index contributed by atoms with van der Waals surface area (Å²) in [5.41, 5.74) is 2.51. The molecule has 0 spiro atoms. The van der Waals surface area contributed by atoms with Gasteiger partial charge in [0, 0.05) is 5.41 Å². The van der Waals surface area contributed by atoms with Gasteiger partial charge in [0.15, 0.2) is 0 Å². The zero-order valence-corrected chi connectivity index (χ0v) is 10.3. The van der Waals surface area contributed by atoms with E-state index in [1.165, 1.54) is 11.1 Å². The number of benzene rings is 1. The highest BCUT2D eigenvalue weighted by atomic mass is 16.5. The van der Waals surface area contributed by atoms with Crippen LogP contribution < -0.4 is 4.74 Å². The summed E-state index contributed by atoms with van der Waals surface area (Å²) in [5, 5.41) is 0. The van der Waals surface area contributed by atoms with Gasteiger partial charge in [0.25, 0.3) is 0 Å². The molecule has 0 saturated heterocycles. The van der Waals surface area contributed by atoms with Gasteiger partial charge < -0.3 is 4.74 Å². The lowest BCUT2D eigenvalue weighted by atomic mass is 9.95.